The van der Waals surface area contributed by atoms with E-state index >= 15 is 0 Å². The second-order valence-electron chi connectivity index (χ2n) is 19.2. The smallest absolute Gasteiger partial charge is 0.137 e. The molecule has 0 saturated carbocycles. The maximum absolute atomic E-state index is 6.94. The molecule has 2 aromatic heterocycles. The van der Waals surface area contributed by atoms with E-state index < -0.39 is 0 Å². The van der Waals surface area contributed by atoms with Crippen LogP contribution in [0.5, 0.6) is 11.5 Å². The highest BCUT2D eigenvalue weighted by atomic mass is 16.5. The van der Waals surface area contributed by atoms with Crippen molar-refractivity contribution in [3.05, 3.63) is 199 Å². The minimum Gasteiger partial charge on any atom is -0.457 e. The number of hydrogen-bond acceptors (Lipinski definition) is 4. The summed E-state index contributed by atoms with van der Waals surface area (Å²) in [5.74, 6) is 2.51. The molecule has 0 N–H and O–H groups in total. The van der Waals surface area contributed by atoms with Crippen LogP contribution in [0.3, 0.4) is 0 Å². The molecule has 318 valence electrons. The first-order chi connectivity index (χ1) is 31.0. The third kappa shape index (κ3) is 7.92. The second-order valence-corrected chi connectivity index (χ2v) is 19.2. The van der Waals surface area contributed by atoms with Gasteiger partial charge in [-0.15, -0.1) is 0 Å². The van der Waals surface area contributed by atoms with Gasteiger partial charge < -0.3 is 14.5 Å². The zero-order chi connectivity index (χ0) is 44.0. The van der Waals surface area contributed by atoms with Crippen LogP contribution >= 0.6 is 0 Å². The van der Waals surface area contributed by atoms with Crippen LogP contribution in [0, 0.1) is 0 Å². The number of rotatable bonds is 10. The van der Waals surface area contributed by atoms with Gasteiger partial charge in [0.15, 0.2) is 0 Å². The maximum atomic E-state index is 6.94. The van der Waals surface area contributed by atoms with E-state index in [2.05, 4.69) is 232 Å². The molecule has 0 bridgehead atoms. The molecular weight excluding hydrogens is 781 g/mol. The zero-order valence-electron chi connectivity index (χ0n) is 37.8. The minimum absolute atomic E-state index is 0.00523. The highest BCUT2D eigenvalue weighted by Crippen LogP contribution is 2.44. The predicted octanol–water partition coefficient (Wildman–Crippen LogP) is 15.4. The Hall–Kier alpha value is -7.11. The third-order valence-corrected chi connectivity index (χ3v) is 12.8. The van der Waals surface area contributed by atoms with Crippen molar-refractivity contribution in [3.8, 4) is 39.6 Å². The summed E-state index contributed by atoms with van der Waals surface area (Å²) in [5.41, 5.74) is 14.7. The first kappa shape index (κ1) is 40.9. The van der Waals surface area contributed by atoms with Crippen LogP contribution in [0.2, 0.25) is 0 Å². The maximum Gasteiger partial charge on any atom is 0.137 e. The summed E-state index contributed by atoms with van der Waals surface area (Å²) in [7, 11) is 0. The van der Waals surface area contributed by atoms with Gasteiger partial charge in [0.25, 0.3) is 0 Å². The van der Waals surface area contributed by atoms with Gasteiger partial charge in [-0.3, -0.25) is 4.57 Å². The summed E-state index contributed by atoms with van der Waals surface area (Å²) in [4.78, 5) is 9.91. The molecule has 5 heteroatoms. The van der Waals surface area contributed by atoms with Crippen molar-refractivity contribution in [2.24, 2.45) is 0 Å². The van der Waals surface area contributed by atoms with Crippen molar-refractivity contribution in [3.63, 3.8) is 0 Å². The lowest BCUT2D eigenvalue weighted by Crippen LogP contribution is -2.29. The Labute approximate surface area is 378 Å². The number of hydrogen-bond donors (Lipinski definition) is 0. The second kappa shape index (κ2) is 16.5. The molecule has 5 nitrogen and oxygen atoms in total. The van der Waals surface area contributed by atoms with E-state index in [9.17, 15) is 0 Å². The predicted molar refractivity (Wildman–Crippen MR) is 269 cm³/mol. The molecule has 0 unspecified atom stereocenters. The minimum atomic E-state index is -0.101. The molecule has 64 heavy (non-hydrogen) atoms. The fourth-order valence-electron chi connectivity index (χ4n) is 9.41. The van der Waals surface area contributed by atoms with Crippen LogP contribution < -0.4 is 14.5 Å². The molecule has 9 aromatic rings. The molecule has 3 heterocycles. The third-order valence-electron chi connectivity index (χ3n) is 12.8. The van der Waals surface area contributed by atoms with Crippen molar-refractivity contribution in [1.82, 2.24) is 9.55 Å². The van der Waals surface area contributed by atoms with Crippen LogP contribution in [0.1, 0.15) is 64.7 Å². The molecule has 1 aliphatic heterocycles. The number of benzene rings is 7. The van der Waals surface area contributed by atoms with Gasteiger partial charge in [-0.05, 0) is 117 Å². The van der Waals surface area contributed by atoms with Gasteiger partial charge in [0.2, 0.25) is 0 Å². The van der Waals surface area contributed by atoms with Crippen molar-refractivity contribution in [2.75, 3.05) is 23.0 Å². The lowest BCUT2D eigenvalue weighted by atomic mass is 9.86. The summed E-state index contributed by atoms with van der Waals surface area (Å²) in [6.45, 7) is 15.3. The Morgan fingerprint density at radius 3 is 1.88 bits per heavy atom. The normalized spacial score (nSPS) is 12.9. The first-order valence-electron chi connectivity index (χ1n) is 22.7. The van der Waals surface area contributed by atoms with E-state index in [4.69, 9.17) is 9.72 Å². The molecule has 0 saturated heterocycles. The van der Waals surface area contributed by atoms with Crippen molar-refractivity contribution in [1.29, 1.82) is 0 Å². The number of aromatic nitrogens is 2. The van der Waals surface area contributed by atoms with Gasteiger partial charge in [-0.1, -0.05) is 151 Å². The monoisotopic (exact) mass is 836 g/mol. The highest BCUT2D eigenvalue weighted by molar-refractivity contribution is 6.09. The Kier molecular flexibility index (Phi) is 10.6. The molecule has 0 fully saturated rings. The standard InChI is InChI=1S/C59H56N4O/c1-58(2,3)43-32-33-60-57(37-43)63-53-27-14-13-23-51(53)52-31-30-46(39-56(52)63)64-47-36-44(59(4,5)6)35-45(38-47)62-40-61(54-28-15-16-29-55(54)62)34-18-26-50-48(41-19-9-7-10-20-41)24-17-25-49(50)42-21-11-8-12-22-42/h7-17,19-25,27-33,35-39H,18,26,34,40H2,1-6H3. The lowest BCUT2D eigenvalue weighted by molar-refractivity contribution is 0.479. The van der Waals surface area contributed by atoms with Gasteiger partial charge in [-0.25, -0.2) is 4.98 Å². The SMILES string of the molecule is CC(C)(C)c1cc(Oc2ccc3c4ccccc4n(-c4cc(C(C)(C)C)ccn4)c3c2)cc(N2CN(CCCc3c(-c4ccccc4)cccc3-c3ccccc3)c3ccccc32)c1. The Morgan fingerprint density at radius 2 is 1.17 bits per heavy atom. The molecule has 10 rings (SSSR count). The van der Waals surface area contributed by atoms with Gasteiger partial charge in [0, 0.05) is 41.3 Å². The molecule has 0 spiro atoms. The summed E-state index contributed by atoms with van der Waals surface area (Å²) in [6.07, 6.45) is 3.91. The topological polar surface area (TPSA) is 33.5 Å². The van der Waals surface area contributed by atoms with E-state index in [1.807, 2.05) is 6.20 Å². The summed E-state index contributed by atoms with van der Waals surface area (Å²) >= 11 is 0. The molecule has 1 aliphatic rings. The number of fused-ring (bicyclic) bond motifs is 4. The zero-order valence-corrected chi connectivity index (χ0v) is 37.8. The van der Waals surface area contributed by atoms with Crippen LogP contribution in [-0.2, 0) is 17.3 Å². The van der Waals surface area contributed by atoms with Crippen LogP contribution in [0.4, 0.5) is 17.1 Å². The summed E-state index contributed by atoms with van der Waals surface area (Å²) < 4.78 is 9.22. The van der Waals surface area contributed by atoms with Crippen LogP contribution in [0.15, 0.2) is 182 Å². The number of anilines is 3. The molecule has 0 radical (unpaired) electrons. The Balaban J connectivity index is 0.967. The fourth-order valence-corrected chi connectivity index (χ4v) is 9.41. The molecule has 0 amide bonds. The molecule has 7 aromatic carbocycles. The quantitative estimate of drug-likeness (QED) is 0.137. The number of pyridine rings is 1. The van der Waals surface area contributed by atoms with E-state index in [1.54, 1.807) is 0 Å². The fraction of sp³-hybridized carbons (Fsp3) is 0.203. The Bertz CT molecular complexity index is 3060. The largest absolute Gasteiger partial charge is 0.457 e. The van der Waals surface area contributed by atoms with E-state index in [0.29, 0.717) is 0 Å². The summed E-state index contributed by atoms with van der Waals surface area (Å²) in [6, 6.07) is 63.5. The average Bonchev–Trinajstić information content (AvgIpc) is 3.84. The number of nitrogens with zero attached hydrogens (tertiary/aromatic N) is 4. The first-order valence-corrected chi connectivity index (χ1v) is 22.7. The number of ether oxygens (including phenoxy) is 1. The van der Waals surface area contributed by atoms with E-state index in [1.165, 1.54) is 61.1 Å². The summed E-state index contributed by atoms with van der Waals surface area (Å²) in [5, 5.41) is 2.36. The van der Waals surface area contributed by atoms with Crippen LogP contribution in [-0.4, -0.2) is 22.8 Å². The molecule has 0 atom stereocenters. The van der Waals surface area contributed by atoms with Crippen molar-refractivity contribution in [2.45, 2.75) is 65.2 Å². The van der Waals surface area contributed by atoms with Gasteiger partial charge in [0.1, 0.15) is 17.3 Å². The van der Waals surface area contributed by atoms with Gasteiger partial charge in [0.05, 0.1) is 29.1 Å². The van der Waals surface area contributed by atoms with Crippen molar-refractivity contribution < 1.29 is 4.74 Å². The lowest BCUT2D eigenvalue weighted by Gasteiger charge is -2.26. The Morgan fingerprint density at radius 1 is 0.531 bits per heavy atom. The van der Waals surface area contributed by atoms with Crippen molar-refractivity contribution >= 4 is 38.9 Å². The van der Waals surface area contributed by atoms with Gasteiger partial charge in [-0.2, -0.15) is 0 Å². The molecule has 0 aliphatic carbocycles. The molecular formula is C59H56N4O. The number of para-hydroxylation sites is 3. The van der Waals surface area contributed by atoms with Crippen LogP contribution in [0.25, 0.3) is 49.9 Å². The van der Waals surface area contributed by atoms with Gasteiger partial charge >= 0.3 is 0 Å². The van der Waals surface area contributed by atoms with E-state index in [0.717, 1.165) is 60.1 Å². The van der Waals surface area contributed by atoms with E-state index in [-0.39, 0.29) is 10.8 Å². The average molecular weight is 837 g/mol. The highest BCUT2D eigenvalue weighted by Gasteiger charge is 2.29.